The average Bonchev–Trinajstić information content (AvgIpc) is 3.35. The molecule has 0 saturated carbocycles. The van der Waals surface area contributed by atoms with Crippen LogP contribution in [-0.2, 0) is 5.21 Å². The normalized spacial score (nSPS) is 11.3. The van der Waals surface area contributed by atoms with Gasteiger partial charge in [0.05, 0.1) is 50.7 Å². The largest absolute Gasteiger partial charge is 0.497 e. The molecule has 0 aliphatic rings. The van der Waals surface area contributed by atoms with Gasteiger partial charge in [0.1, 0.15) is 23.0 Å². The quantitative estimate of drug-likeness (QED) is 0.135. The summed E-state index contributed by atoms with van der Waals surface area (Å²) in [7, 11) is 6.68. The molecular formula is C56H52N5O5. The fourth-order valence-corrected chi connectivity index (χ4v) is 8.33. The first kappa shape index (κ1) is 43.2. The minimum Gasteiger partial charge on any atom is -0.497 e. The molecule has 0 aliphatic carbocycles. The molecule has 12 rings (SSSR count). The Bertz CT molecular complexity index is 3090. The minimum absolute atomic E-state index is 0.504. The highest BCUT2D eigenvalue weighted by atomic mass is 16.5. The molecule has 66 heavy (non-hydrogen) atoms. The second-order valence-electron chi connectivity index (χ2n) is 16.9. The molecule has 10 heteroatoms. The maximum Gasteiger partial charge on any atom is 0.119 e. The minimum atomic E-state index is -0.742. The zero-order valence-electron chi connectivity index (χ0n) is 38.2. The van der Waals surface area contributed by atoms with E-state index in [-0.39, 0.29) is 0 Å². The van der Waals surface area contributed by atoms with Gasteiger partial charge in [0.25, 0.3) is 0 Å². The molecule has 10 nitrogen and oxygen atoms in total. The van der Waals surface area contributed by atoms with Gasteiger partial charge in [-0.1, -0.05) is 11.3 Å². The van der Waals surface area contributed by atoms with Crippen LogP contribution in [0.15, 0.2) is 188 Å². The number of ether oxygens (including phenoxy) is 4. The highest BCUT2D eigenvalue weighted by Gasteiger charge is 2.23. The molecule has 0 spiro atoms. The summed E-state index contributed by atoms with van der Waals surface area (Å²) >= 11 is 0. The van der Waals surface area contributed by atoms with E-state index >= 15 is 0 Å². The summed E-state index contributed by atoms with van der Waals surface area (Å²) in [6.45, 7) is 5.78. The Labute approximate surface area is 384 Å². The molecule has 0 atom stereocenters. The summed E-state index contributed by atoms with van der Waals surface area (Å²) in [5.41, 5.74) is 10.6. The number of nitrogens with zero attached hydrogens (tertiary/aromatic N) is 5. The number of aromatic nitrogens is 4. The first-order valence-corrected chi connectivity index (χ1v) is 21.7. The zero-order valence-corrected chi connectivity index (χ0v) is 38.2. The Hall–Kier alpha value is -8.08. The SMILES string of the molecule is COc1ccc(-n2c3ccc(cc3)n(-c3ccc(OC)cc3)c3cc(N([O])C(C)(C)C)cc(c3)n(-c3ccc(OC)cc3)c3ccc(cc3)n(-c3ccc(OC)cc3)c3cccc2c3)cc1. The summed E-state index contributed by atoms with van der Waals surface area (Å²) in [4.78, 5) is 0. The lowest BCUT2D eigenvalue weighted by atomic mass is 10.1. The molecule has 8 aromatic carbocycles. The third kappa shape index (κ3) is 8.62. The van der Waals surface area contributed by atoms with Crippen molar-refractivity contribution in [1.29, 1.82) is 0 Å². The van der Waals surface area contributed by atoms with E-state index in [0.717, 1.165) is 94.9 Å². The molecule has 1 radical (unpaired) electrons. The van der Waals surface area contributed by atoms with Crippen molar-refractivity contribution < 1.29 is 24.2 Å². The average molecular weight is 875 g/mol. The van der Waals surface area contributed by atoms with Gasteiger partial charge in [-0.2, -0.15) is 0 Å². The summed E-state index contributed by atoms with van der Waals surface area (Å²) in [6, 6.07) is 63.8. The highest BCUT2D eigenvalue weighted by molar-refractivity contribution is 5.80. The molecule has 0 amide bonds. The van der Waals surface area contributed by atoms with Crippen LogP contribution >= 0.6 is 0 Å². The Morgan fingerprint density at radius 1 is 0.333 bits per heavy atom. The van der Waals surface area contributed by atoms with E-state index in [0.29, 0.717) is 5.69 Å². The van der Waals surface area contributed by atoms with E-state index in [9.17, 15) is 5.21 Å². The number of hydroxylamine groups is 1. The third-order valence-corrected chi connectivity index (χ3v) is 11.6. The van der Waals surface area contributed by atoms with Crippen molar-refractivity contribution >= 4 is 49.8 Å². The first-order valence-electron chi connectivity index (χ1n) is 21.7. The summed E-state index contributed by atoms with van der Waals surface area (Å²) in [5.74, 6) is 3.01. The molecule has 331 valence electrons. The van der Waals surface area contributed by atoms with Crippen LogP contribution in [-0.4, -0.2) is 52.2 Å². The van der Waals surface area contributed by atoms with Crippen LogP contribution in [0.5, 0.6) is 23.0 Å². The predicted octanol–water partition coefficient (Wildman–Crippen LogP) is 13.3. The lowest BCUT2D eigenvalue weighted by molar-refractivity contribution is 0.102. The zero-order chi connectivity index (χ0) is 46.0. The topological polar surface area (TPSA) is 79.8 Å². The number of benzene rings is 8. The summed E-state index contributed by atoms with van der Waals surface area (Å²) in [5, 5.41) is 15.5. The molecule has 4 aromatic heterocycles. The molecule has 0 saturated heterocycles. The van der Waals surface area contributed by atoms with Crippen LogP contribution < -0.4 is 24.0 Å². The predicted molar refractivity (Wildman–Crippen MR) is 267 cm³/mol. The lowest BCUT2D eigenvalue weighted by Crippen LogP contribution is -2.37. The summed E-state index contributed by atoms with van der Waals surface area (Å²) in [6.07, 6.45) is 0. The number of hydrogen-bond acceptors (Lipinski definition) is 5. The maximum absolute atomic E-state index is 14.5. The van der Waals surface area contributed by atoms with Gasteiger partial charge in [-0.15, -0.1) is 0 Å². The van der Waals surface area contributed by atoms with Crippen LogP contribution in [0.2, 0.25) is 0 Å². The van der Waals surface area contributed by atoms with Crippen molar-refractivity contribution in [1.82, 2.24) is 18.3 Å². The monoisotopic (exact) mass is 874 g/mol. The van der Waals surface area contributed by atoms with Crippen molar-refractivity contribution in [3.8, 4) is 45.7 Å². The van der Waals surface area contributed by atoms with Gasteiger partial charge in [0, 0.05) is 55.8 Å². The standard InChI is InChI=1S/C56H52N5O5/c1-56(2,3)61(62)51-37-49-36-50(38-51)60(46-25-33-55(66-7)34-26-46)42-17-13-40(14-18-42)58(44-21-29-53(64-5)30-22-44)48-10-8-9-47(35-48)57(43-19-27-52(63-4)28-20-43)39-11-15-41(16-12-39)59(49)45-23-31-54(65-6)32-24-45/h8-38H,1-7H3. The van der Waals surface area contributed by atoms with Gasteiger partial charge < -0.3 is 37.2 Å². The lowest BCUT2D eigenvalue weighted by Gasteiger charge is -2.29. The van der Waals surface area contributed by atoms with E-state index in [2.05, 4.69) is 121 Å². The Kier molecular flexibility index (Phi) is 11.9. The van der Waals surface area contributed by atoms with Crippen molar-refractivity contribution in [3.05, 3.63) is 188 Å². The Balaban J connectivity index is 1.51. The highest BCUT2D eigenvalue weighted by Crippen LogP contribution is 2.32. The van der Waals surface area contributed by atoms with Crippen LogP contribution in [0, 0.1) is 0 Å². The molecule has 4 heterocycles. The molecule has 0 N–H and O–H groups in total. The van der Waals surface area contributed by atoms with Gasteiger partial charge in [0.2, 0.25) is 0 Å². The molecule has 0 aliphatic heterocycles. The van der Waals surface area contributed by atoms with Crippen LogP contribution in [0.4, 0.5) is 5.69 Å². The van der Waals surface area contributed by atoms with Crippen molar-refractivity contribution in [2.45, 2.75) is 26.3 Å². The van der Waals surface area contributed by atoms with E-state index < -0.39 is 5.54 Å². The van der Waals surface area contributed by atoms with Crippen LogP contribution in [0.3, 0.4) is 0 Å². The first-order chi connectivity index (χ1) is 32.0. The molecule has 8 bridgehead atoms. The number of anilines is 1. The van der Waals surface area contributed by atoms with E-state index in [1.807, 2.05) is 106 Å². The van der Waals surface area contributed by atoms with E-state index in [1.165, 1.54) is 0 Å². The number of methoxy groups -OCH3 is 4. The fraction of sp³-hybridized carbons (Fsp3) is 0.143. The molecule has 0 unspecified atom stereocenters. The number of rotatable bonds is 9. The van der Waals surface area contributed by atoms with Crippen molar-refractivity contribution in [3.63, 3.8) is 0 Å². The maximum atomic E-state index is 14.5. The van der Waals surface area contributed by atoms with Crippen LogP contribution in [0.1, 0.15) is 20.8 Å². The van der Waals surface area contributed by atoms with Crippen molar-refractivity contribution in [2.75, 3.05) is 33.5 Å². The van der Waals surface area contributed by atoms with Gasteiger partial charge in [0.15, 0.2) is 0 Å². The van der Waals surface area contributed by atoms with Gasteiger partial charge in [-0.3, -0.25) is 0 Å². The van der Waals surface area contributed by atoms with Crippen molar-refractivity contribution in [2.24, 2.45) is 0 Å². The second kappa shape index (κ2) is 18.2. The van der Waals surface area contributed by atoms with E-state index in [4.69, 9.17) is 18.9 Å². The van der Waals surface area contributed by atoms with Gasteiger partial charge in [-0.25, -0.2) is 5.06 Å². The fourth-order valence-electron chi connectivity index (χ4n) is 8.33. The van der Waals surface area contributed by atoms with Crippen LogP contribution in [0.25, 0.3) is 66.9 Å². The molecular weight excluding hydrogens is 823 g/mol. The second-order valence-corrected chi connectivity index (χ2v) is 16.9. The Morgan fingerprint density at radius 3 is 0.848 bits per heavy atom. The van der Waals surface area contributed by atoms with Gasteiger partial charge >= 0.3 is 0 Å². The number of hydrogen-bond donors (Lipinski definition) is 0. The molecule has 12 aromatic rings. The summed E-state index contributed by atoms with van der Waals surface area (Å²) < 4.78 is 31.2. The smallest absolute Gasteiger partial charge is 0.119 e. The van der Waals surface area contributed by atoms with Gasteiger partial charge in [-0.05, 0) is 203 Å². The third-order valence-electron chi connectivity index (χ3n) is 11.6. The molecule has 0 fully saturated rings. The van der Waals surface area contributed by atoms with E-state index in [1.54, 1.807) is 28.4 Å². The Morgan fingerprint density at radius 2 is 0.591 bits per heavy atom.